The van der Waals surface area contributed by atoms with Crippen LogP contribution in [0.4, 0.5) is 9.18 Å². The molecule has 0 aliphatic rings. The molecule has 0 aliphatic carbocycles. The summed E-state index contributed by atoms with van der Waals surface area (Å²) in [6.45, 7) is 12.6. The van der Waals surface area contributed by atoms with E-state index in [4.69, 9.17) is 19.2 Å². The summed E-state index contributed by atoms with van der Waals surface area (Å²) in [6.07, 6.45) is 9.40. The largest absolute Gasteiger partial charge is 0.448 e. The summed E-state index contributed by atoms with van der Waals surface area (Å²) in [5.74, 6) is -0.263. The minimum atomic E-state index is -0.532. The molecule has 40 heavy (non-hydrogen) atoms. The molecule has 3 aromatic rings. The van der Waals surface area contributed by atoms with Gasteiger partial charge in [-0.1, -0.05) is 62.4 Å². The van der Waals surface area contributed by atoms with Crippen molar-refractivity contribution < 1.29 is 18.4 Å². The van der Waals surface area contributed by atoms with Crippen molar-refractivity contribution in [3.8, 4) is 0 Å². The molecule has 0 bridgehead atoms. The highest BCUT2D eigenvalue weighted by Gasteiger charge is 2.16. The van der Waals surface area contributed by atoms with E-state index in [1.54, 1.807) is 29.9 Å². The number of nitrogens with zero attached hydrogens (tertiary/aromatic N) is 5. The first-order chi connectivity index (χ1) is 19.3. The Hall–Kier alpha value is -4.27. The van der Waals surface area contributed by atoms with Crippen LogP contribution in [0.2, 0.25) is 0 Å². The number of allylic oxidation sites excluding steroid dienone is 3. The fourth-order valence-electron chi connectivity index (χ4n) is 4.07. The summed E-state index contributed by atoms with van der Waals surface area (Å²) in [7, 11) is 1.75. The fraction of sp³-hybridized carbons (Fsp3) is 0.355. The van der Waals surface area contributed by atoms with E-state index in [2.05, 4.69) is 11.7 Å². The molecule has 0 atom stereocenters. The van der Waals surface area contributed by atoms with Gasteiger partial charge in [0.25, 0.3) is 0 Å². The zero-order valence-electron chi connectivity index (χ0n) is 24.0. The van der Waals surface area contributed by atoms with Crippen LogP contribution in [-0.4, -0.2) is 39.5 Å². The van der Waals surface area contributed by atoms with Crippen molar-refractivity contribution >= 4 is 30.0 Å². The van der Waals surface area contributed by atoms with Gasteiger partial charge in [-0.15, -0.1) is 0 Å². The van der Waals surface area contributed by atoms with Gasteiger partial charge in [0, 0.05) is 24.9 Å². The molecule has 0 spiro atoms. The maximum Gasteiger partial charge on any atom is 0.435 e. The van der Waals surface area contributed by atoms with Crippen molar-refractivity contribution in [2.45, 2.75) is 53.4 Å². The minimum Gasteiger partial charge on any atom is -0.448 e. The molecular formula is C31H38FN5O3. The SMILES string of the molecule is C=c1c(=C/C)/c(=N\C(=C\CC)C(/C=C(\C)c2ccon2)=NCCc2ccccc2F)n(C(=O)OCCCC)n1C. The molecule has 0 fully saturated rings. The molecule has 8 nitrogen and oxygen atoms in total. The quantitative estimate of drug-likeness (QED) is 0.252. The highest BCUT2D eigenvalue weighted by Crippen LogP contribution is 2.15. The van der Waals surface area contributed by atoms with Crippen molar-refractivity contribution in [2.75, 3.05) is 13.2 Å². The van der Waals surface area contributed by atoms with E-state index in [0.717, 1.165) is 18.4 Å². The molecule has 0 N–H and O–H groups in total. The summed E-state index contributed by atoms with van der Waals surface area (Å²) in [6, 6.07) is 8.44. The second kappa shape index (κ2) is 14.8. The lowest BCUT2D eigenvalue weighted by Gasteiger charge is -2.09. The average Bonchev–Trinajstić information content (AvgIpc) is 3.56. The highest BCUT2D eigenvalue weighted by molar-refractivity contribution is 6.11. The standard InChI is InChI=1S/C31H38FN5O3/c1-7-10-19-39-31(38)37-30(25(9-3)23(5)36(37)6)34-28(13-8-2)29(21-22(4)27-17-20-40-35-27)33-18-16-24-14-11-12-15-26(24)32/h9,11-15,17,20-21H,5,7-8,10,16,18-19H2,1-4,6H3/b22-21+,25-9-,28-13+,33-29?,34-30+. The van der Waals surface area contributed by atoms with Crippen molar-refractivity contribution in [3.63, 3.8) is 0 Å². The Morgan fingerprint density at radius 2 is 2.02 bits per heavy atom. The number of aliphatic imine (C=N–C) groups is 1. The van der Waals surface area contributed by atoms with Gasteiger partial charge in [-0.05, 0) is 56.4 Å². The third kappa shape index (κ3) is 7.43. The van der Waals surface area contributed by atoms with Crippen LogP contribution in [0.5, 0.6) is 0 Å². The van der Waals surface area contributed by atoms with Gasteiger partial charge >= 0.3 is 6.09 Å². The lowest BCUT2D eigenvalue weighted by atomic mass is 10.1. The van der Waals surface area contributed by atoms with Crippen molar-refractivity contribution in [1.29, 1.82) is 0 Å². The molecule has 3 rings (SSSR count). The Morgan fingerprint density at radius 3 is 2.67 bits per heavy atom. The maximum absolute atomic E-state index is 14.3. The first-order valence-electron chi connectivity index (χ1n) is 13.5. The molecule has 1 aromatic carbocycles. The number of carbonyl (C=O) groups is 1. The molecule has 0 radical (unpaired) electrons. The van der Waals surface area contributed by atoms with Crippen LogP contribution < -0.4 is 16.1 Å². The summed E-state index contributed by atoms with van der Waals surface area (Å²) in [5, 5.41) is 5.36. The third-order valence-electron chi connectivity index (χ3n) is 6.33. The molecule has 212 valence electrons. The van der Waals surface area contributed by atoms with Crippen LogP contribution >= 0.6 is 0 Å². The molecule has 2 aromatic heterocycles. The molecule has 0 unspecified atom stereocenters. The van der Waals surface area contributed by atoms with Crippen molar-refractivity contribution in [2.24, 2.45) is 17.0 Å². The predicted octanol–water partition coefficient (Wildman–Crippen LogP) is 4.93. The maximum atomic E-state index is 14.3. The lowest BCUT2D eigenvalue weighted by molar-refractivity contribution is 0.138. The van der Waals surface area contributed by atoms with Crippen LogP contribution in [-0.2, 0) is 18.2 Å². The van der Waals surface area contributed by atoms with Gasteiger partial charge in [-0.25, -0.2) is 14.2 Å². The van der Waals surface area contributed by atoms with Crippen molar-refractivity contribution in [1.82, 2.24) is 14.5 Å². The lowest BCUT2D eigenvalue weighted by Crippen LogP contribution is -2.38. The number of aromatic nitrogens is 3. The van der Waals surface area contributed by atoms with E-state index >= 15 is 0 Å². The Bertz CT molecular complexity index is 1570. The first kappa shape index (κ1) is 30.3. The van der Waals surface area contributed by atoms with Gasteiger partial charge in [0.05, 0.1) is 23.4 Å². The molecule has 9 heteroatoms. The average molecular weight is 548 g/mol. The van der Waals surface area contributed by atoms with Crippen molar-refractivity contribution in [3.05, 3.63) is 87.6 Å². The van der Waals surface area contributed by atoms with Crippen LogP contribution in [0.3, 0.4) is 0 Å². The number of hydrogen-bond acceptors (Lipinski definition) is 6. The highest BCUT2D eigenvalue weighted by atomic mass is 19.1. The summed E-state index contributed by atoms with van der Waals surface area (Å²) >= 11 is 0. The van der Waals surface area contributed by atoms with E-state index < -0.39 is 6.09 Å². The Morgan fingerprint density at radius 1 is 1.25 bits per heavy atom. The normalized spacial score (nSPS) is 13.8. The fourth-order valence-corrected chi connectivity index (χ4v) is 4.07. The van der Waals surface area contributed by atoms with Gasteiger partial charge in [0.1, 0.15) is 17.8 Å². The molecule has 2 heterocycles. The van der Waals surface area contributed by atoms with Gasteiger partial charge in [0.15, 0.2) is 5.49 Å². The molecular weight excluding hydrogens is 509 g/mol. The third-order valence-corrected chi connectivity index (χ3v) is 6.33. The van der Waals surface area contributed by atoms with Crippen LogP contribution in [0.1, 0.15) is 58.2 Å². The van der Waals surface area contributed by atoms with Gasteiger partial charge in [-0.2, -0.15) is 4.68 Å². The van der Waals surface area contributed by atoms with E-state index in [1.165, 1.54) is 17.0 Å². The minimum absolute atomic E-state index is 0.263. The molecule has 0 amide bonds. The van der Waals surface area contributed by atoms with Gasteiger partial charge in [0.2, 0.25) is 0 Å². The van der Waals surface area contributed by atoms with Crippen LogP contribution in [0, 0.1) is 5.82 Å². The van der Waals surface area contributed by atoms with E-state index in [0.29, 0.717) is 64.7 Å². The number of hydrogen-bond donors (Lipinski definition) is 0. The molecule has 0 aliphatic heterocycles. The zero-order chi connectivity index (χ0) is 29.1. The Kier molecular flexibility index (Phi) is 11.2. The second-order valence-electron chi connectivity index (χ2n) is 9.21. The molecule has 0 saturated heterocycles. The number of ether oxygens (including phenoxy) is 1. The van der Waals surface area contributed by atoms with Gasteiger partial charge in [-0.3, -0.25) is 9.67 Å². The van der Waals surface area contributed by atoms with E-state index in [9.17, 15) is 9.18 Å². The number of unbranched alkanes of at least 4 members (excludes halogenated alkanes) is 1. The smallest absolute Gasteiger partial charge is 0.435 e. The van der Waals surface area contributed by atoms with Gasteiger partial charge < -0.3 is 9.26 Å². The molecule has 0 saturated carbocycles. The number of carbonyl (C=O) groups excluding carboxylic acids is 1. The zero-order valence-corrected chi connectivity index (χ0v) is 24.0. The number of halogens is 1. The predicted molar refractivity (Wildman–Crippen MR) is 156 cm³/mol. The summed E-state index contributed by atoms with van der Waals surface area (Å²) < 4.78 is 27.8. The van der Waals surface area contributed by atoms with E-state index in [-0.39, 0.29) is 5.82 Å². The topological polar surface area (TPSA) is 86.9 Å². The van der Waals surface area contributed by atoms with Crippen LogP contribution in [0.25, 0.3) is 18.2 Å². The summed E-state index contributed by atoms with van der Waals surface area (Å²) in [4.78, 5) is 23.0. The number of benzene rings is 1. The summed E-state index contributed by atoms with van der Waals surface area (Å²) in [5.41, 5.74) is 3.58. The van der Waals surface area contributed by atoms with Crippen LogP contribution in [0.15, 0.2) is 69.0 Å². The Labute approximate surface area is 234 Å². The first-order valence-corrected chi connectivity index (χ1v) is 13.5. The number of rotatable bonds is 11. The van der Waals surface area contributed by atoms with E-state index in [1.807, 2.05) is 52.0 Å². The monoisotopic (exact) mass is 547 g/mol. The second-order valence-corrected chi connectivity index (χ2v) is 9.21. The Balaban J connectivity index is 2.17.